The van der Waals surface area contributed by atoms with Gasteiger partial charge in [-0.3, -0.25) is 9.59 Å². The van der Waals surface area contributed by atoms with Crippen LogP contribution in [0.15, 0.2) is 89.9 Å². The van der Waals surface area contributed by atoms with Crippen molar-refractivity contribution >= 4 is 39.9 Å². The zero-order valence-corrected chi connectivity index (χ0v) is 21.5. The quantitative estimate of drug-likeness (QED) is 0.231. The molecule has 0 radical (unpaired) electrons. The highest BCUT2D eigenvalue weighted by Crippen LogP contribution is 2.28. The summed E-state index contributed by atoms with van der Waals surface area (Å²) < 4.78 is 8.78. The normalized spacial score (nSPS) is 11.8. The molecule has 38 heavy (non-hydrogen) atoms. The third kappa shape index (κ3) is 4.49. The SMILES string of the molecule is CC(=O)Oc1ccccc1-c1nc2s/c(=C/c3cn(-c4ccccc4)nc3-c3ccc(Cl)cc3)c(=O)n2n1. The molecule has 3 heterocycles. The Labute approximate surface area is 225 Å². The second-order valence-corrected chi connectivity index (χ2v) is 9.80. The summed E-state index contributed by atoms with van der Waals surface area (Å²) in [5.74, 6) is 0.182. The molecule has 6 aromatic rings. The number of para-hydroxylation sites is 2. The van der Waals surface area contributed by atoms with Crippen LogP contribution in [0.4, 0.5) is 0 Å². The molecule has 3 aromatic carbocycles. The molecule has 0 aliphatic carbocycles. The van der Waals surface area contributed by atoms with E-state index in [2.05, 4.69) is 10.1 Å². The average Bonchev–Trinajstić information content (AvgIpc) is 3.60. The maximum atomic E-state index is 13.3. The number of hydrogen-bond acceptors (Lipinski definition) is 7. The predicted molar refractivity (Wildman–Crippen MR) is 147 cm³/mol. The molecule has 0 amide bonds. The Bertz CT molecular complexity index is 1910. The van der Waals surface area contributed by atoms with Gasteiger partial charge in [-0.25, -0.2) is 4.68 Å². The Hall–Kier alpha value is -4.60. The molecule has 186 valence electrons. The number of ether oxygens (including phenoxy) is 1. The second kappa shape index (κ2) is 9.70. The first-order valence-corrected chi connectivity index (χ1v) is 12.8. The van der Waals surface area contributed by atoms with E-state index in [0.717, 1.165) is 16.8 Å². The summed E-state index contributed by atoms with van der Waals surface area (Å²) in [6.45, 7) is 1.33. The highest BCUT2D eigenvalue weighted by atomic mass is 35.5. The molecule has 0 atom stereocenters. The van der Waals surface area contributed by atoms with Gasteiger partial charge in [0.05, 0.1) is 15.8 Å². The number of rotatable bonds is 5. The lowest BCUT2D eigenvalue weighted by Crippen LogP contribution is -2.23. The van der Waals surface area contributed by atoms with Crippen molar-refractivity contribution in [1.82, 2.24) is 24.4 Å². The summed E-state index contributed by atoms with van der Waals surface area (Å²) in [6.07, 6.45) is 3.68. The van der Waals surface area contributed by atoms with Crippen LogP contribution >= 0.6 is 22.9 Å². The Balaban J connectivity index is 1.46. The lowest BCUT2D eigenvalue weighted by atomic mass is 10.1. The van der Waals surface area contributed by atoms with Crippen LogP contribution in [0.3, 0.4) is 0 Å². The lowest BCUT2D eigenvalue weighted by Gasteiger charge is -2.04. The number of halogens is 1. The van der Waals surface area contributed by atoms with Crippen molar-refractivity contribution in [2.45, 2.75) is 6.92 Å². The van der Waals surface area contributed by atoms with E-state index in [1.807, 2.05) is 48.7 Å². The van der Waals surface area contributed by atoms with Gasteiger partial charge in [0.1, 0.15) is 11.4 Å². The minimum atomic E-state index is -0.451. The van der Waals surface area contributed by atoms with Crippen molar-refractivity contribution in [2.24, 2.45) is 0 Å². The molecule has 0 spiro atoms. The van der Waals surface area contributed by atoms with E-state index in [9.17, 15) is 9.59 Å². The van der Waals surface area contributed by atoms with Gasteiger partial charge in [-0.05, 0) is 42.5 Å². The minimum Gasteiger partial charge on any atom is -0.426 e. The summed E-state index contributed by atoms with van der Waals surface area (Å²) in [5, 5.41) is 9.84. The van der Waals surface area contributed by atoms with Crippen LogP contribution in [0.1, 0.15) is 12.5 Å². The van der Waals surface area contributed by atoms with E-state index in [1.54, 1.807) is 47.2 Å². The second-order valence-electron chi connectivity index (χ2n) is 8.36. The van der Waals surface area contributed by atoms with Gasteiger partial charge in [-0.15, -0.1) is 5.10 Å². The zero-order valence-electron chi connectivity index (χ0n) is 19.9. The van der Waals surface area contributed by atoms with Crippen LogP contribution in [0.5, 0.6) is 5.75 Å². The van der Waals surface area contributed by atoms with E-state index >= 15 is 0 Å². The van der Waals surface area contributed by atoms with Gasteiger partial charge in [0.2, 0.25) is 4.96 Å². The van der Waals surface area contributed by atoms with Crippen molar-refractivity contribution in [2.75, 3.05) is 0 Å². The fourth-order valence-electron chi connectivity index (χ4n) is 4.02. The fraction of sp³-hybridized carbons (Fsp3) is 0.0357. The summed E-state index contributed by atoms with van der Waals surface area (Å²) >= 11 is 7.32. The van der Waals surface area contributed by atoms with Gasteiger partial charge < -0.3 is 4.74 Å². The third-order valence-electron chi connectivity index (χ3n) is 5.73. The van der Waals surface area contributed by atoms with Gasteiger partial charge in [0.25, 0.3) is 5.56 Å². The van der Waals surface area contributed by atoms with Crippen LogP contribution in [-0.2, 0) is 4.79 Å². The first-order chi connectivity index (χ1) is 18.5. The van der Waals surface area contributed by atoms with E-state index in [0.29, 0.717) is 37.3 Å². The van der Waals surface area contributed by atoms with Crippen LogP contribution in [0.2, 0.25) is 5.02 Å². The van der Waals surface area contributed by atoms with Gasteiger partial charge in [-0.2, -0.15) is 14.6 Å². The van der Waals surface area contributed by atoms with E-state index in [1.165, 1.54) is 22.8 Å². The van der Waals surface area contributed by atoms with Gasteiger partial charge in [-0.1, -0.05) is 65.4 Å². The Kier molecular flexibility index (Phi) is 6.07. The summed E-state index contributed by atoms with van der Waals surface area (Å²) in [6, 6.07) is 24.1. The minimum absolute atomic E-state index is 0.301. The molecular weight excluding hydrogens is 522 g/mol. The number of aromatic nitrogens is 5. The van der Waals surface area contributed by atoms with E-state index < -0.39 is 5.97 Å². The first-order valence-electron chi connectivity index (χ1n) is 11.6. The molecule has 0 bridgehead atoms. The number of fused-ring (bicyclic) bond motifs is 1. The average molecular weight is 540 g/mol. The monoisotopic (exact) mass is 539 g/mol. The van der Waals surface area contributed by atoms with Crippen LogP contribution in [0, 0.1) is 0 Å². The molecule has 6 rings (SSSR count). The standard InChI is InChI=1S/C28H18ClN5O3S/c1-17(35)37-23-10-6-5-9-22(23)26-30-28-34(32-26)27(36)24(38-28)15-19-16-33(21-7-3-2-4-8-21)31-25(19)18-11-13-20(29)14-12-18/h2-16H,1H3/b24-15+. The molecular formula is C28H18ClN5O3S. The number of esters is 1. The Morgan fingerprint density at radius 1 is 0.974 bits per heavy atom. The number of hydrogen-bond donors (Lipinski definition) is 0. The zero-order chi connectivity index (χ0) is 26.2. The summed E-state index contributed by atoms with van der Waals surface area (Å²) in [7, 11) is 0. The molecule has 0 aliphatic rings. The maximum absolute atomic E-state index is 13.3. The van der Waals surface area contributed by atoms with E-state index in [-0.39, 0.29) is 5.56 Å². The molecule has 0 saturated carbocycles. The van der Waals surface area contributed by atoms with Crippen molar-refractivity contribution in [3.8, 4) is 34.1 Å². The summed E-state index contributed by atoms with van der Waals surface area (Å²) in [5.41, 5.74) is 3.45. The van der Waals surface area contributed by atoms with Crippen molar-refractivity contribution < 1.29 is 9.53 Å². The van der Waals surface area contributed by atoms with Crippen molar-refractivity contribution in [3.63, 3.8) is 0 Å². The predicted octanol–water partition coefficient (Wildman–Crippen LogP) is 4.80. The van der Waals surface area contributed by atoms with Crippen LogP contribution in [0.25, 0.3) is 39.4 Å². The third-order valence-corrected chi connectivity index (χ3v) is 6.94. The molecule has 0 aliphatic heterocycles. The van der Waals surface area contributed by atoms with Crippen LogP contribution in [-0.4, -0.2) is 30.3 Å². The molecule has 0 fully saturated rings. The van der Waals surface area contributed by atoms with Crippen molar-refractivity contribution in [1.29, 1.82) is 0 Å². The fourth-order valence-corrected chi connectivity index (χ4v) is 5.05. The summed E-state index contributed by atoms with van der Waals surface area (Å²) in [4.78, 5) is 29.8. The number of nitrogens with zero attached hydrogens (tertiary/aromatic N) is 5. The van der Waals surface area contributed by atoms with Gasteiger partial charge in [0, 0.05) is 29.3 Å². The number of thiazole rings is 1. The van der Waals surface area contributed by atoms with Crippen molar-refractivity contribution in [3.05, 3.63) is 111 Å². The molecule has 0 N–H and O–H groups in total. The highest BCUT2D eigenvalue weighted by molar-refractivity contribution is 7.15. The Morgan fingerprint density at radius 3 is 2.45 bits per heavy atom. The van der Waals surface area contributed by atoms with Gasteiger partial charge in [0.15, 0.2) is 5.82 Å². The number of carbonyl (C=O) groups is 1. The molecule has 0 unspecified atom stereocenters. The topological polar surface area (TPSA) is 91.4 Å². The lowest BCUT2D eigenvalue weighted by molar-refractivity contribution is -0.131. The van der Waals surface area contributed by atoms with E-state index in [4.69, 9.17) is 21.4 Å². The van der Waals surface area contributed by atoms with Gasteiger partial charge >= 0.3 is 5.97 Å². The van der Waals surface area contributed by atoms with Crippen LogP contribution < -0.4 is 14.8 Å². The Morgan fingerprint density at radius 2 is 1.71 bits per heavy atom. The molecule has 10 heteroatoms. The smallest absolute Gasteiger partial charge is 0.308 e. The number of carbonyl (C=O) groups excluding carboxylic acids is 1. The molecule has 3 aromatic heterocycles. The highest BCUT2D eigenvalue weighted by Gasteiger charge is 2.17. The largest absolute Gasteiger partial charge is 0.426 e. The maximum Gasteiger partial charge on any atom is 0.308 e. The molecule has 8 nitrogen and oxygen atoms in total. The first kappa shape index (κ1) is 23.8. The number of benzene rings is 3. The molecule has 0 saturated heterocycles.